The lowest BCUT2D eigenvalue weighted by atomic mass is 9.40. The summed E-state index contributed by atoms with van der Waals surface area (Å²) in [6.07, 6.45) is 14.5. The van der Waals surface area contributed by atoms with Gasteiger partial charge in [0.15, 0.2) is 5.78 Å². The summed E-state index contributed by atoms with van der Waals surface area (Å²) in [4.78, 5) is 24.8. The molecule has 0 heterocycles. The Morgan fingerprint density at radius 3 is 2.17 bits per heavy atom. The van der Waals surface area contributed by atoms with E-state index in [9.17, 15) is 19.8 Å². The Morgan fingerprint density at radius 1 is 1.02 bits per heavy atom. The third-order valence-electron chi connectivity index (χ3n) is 11.2. The Hall–Kier alpha value is -1.42. The van der Waals surface area contributed by atoms with Crippen LogP contribution >= 0.6 is 0 Å². The van der Waals surface area contributed by atoms with Crippen molar-refractivity contribution in [3.8, 4) is 0 Å². The molecule has 40 heavy (non-hydrogen) atoms. The summed E-state index contributed by atoms with van der Waals surface area (Å²) in [6.45, 7) is 21.8. The van der Waals surface area contributed by atoms with E-state index in [0.29, 0.717) is 30.1 Å². The molecule has 4 aliphatic rings. The van der Waals surface area contributed by atoms with E-state index in [0.717, 1.165) is 37.7 Å². The van der Waals surface area contributed by atoms with Crippen molar-refractivity contribution in [3.05, 3.63) is 23.3 Å². The molecule has 0 radical (unpaired) electrons. The Balaban J connectivity index is 0.00000105. The monoisotopic (exact) mass is 558 g/mol. The quantitative estimate of drug-likeness (QED) is 0.305. The first-order valence-corrected chi connectivity index (χ1v) is 16.7. The second kappa shape index (κ2) is 14.2. The zero-order valence-electron chi connectivity index (χ0n) is 27.6. The first-order valence-electron chi connectivity index (χ1n) is 16.7. The van der Waals surface area contributed by atoms with Crippen LogP contribution in [-0.2, 0) is 9.59 Å². The fourth-order valence-corrected chi connectivity index (χ4v) is 9.78. The summed E-state index contributed by atoms with van der Waals surface area (Å²) >= 11 is 0. The second-order valence-electron chi connectivity index (χ2n) is 14.0. The molecule has 0 aromatic rings. The van der Waals surface area contributed by atoms with Gasteiger partial charge in [-0.3, -0.25) is 4.79 Å². The largest absolute Gasteiger partial charge is 0.478 e. The zero-order valence-corrected chi connectivity index (χ0v) is 27.6. The zero-order chi connectivity index (χ0) is 30.5. The summed E-state index contributed by atoms with van der Waals surface area (Å²) in [5.41, 5.74) is 2.40. The van der Waals surface area contributed by atoms with E-state index in [1.807, 2.05) is 26.8 Å². The van der Waals surface area contributed by atoms with Crippen molar-refractivity contribution in [2.75, 3.05) is 0 Å². The number of hydrogen-bond donors (Lipinski definition) is 2. The van der Waals surface area contributed by atoms with Gasteiger partial charge in [0.1, 0.15) is 0 Å². The molecule has 0 spiro atoms. The molecule has 4 aliphatic carbocycles. The molecular formula is C36H62O4. The molecular weight excluding hydrogens is 496 g/mol. The molecule has 0 amide bonds. The number of fused-ring (bicyclic) bond motifs is 5. The van der Waals surface area contributed by atoms with Crippen LogP contribution in [0.2, 0.25) is 0 Å². The topological polar surface area (TPSA) is 74.6 Å². The maximum atomic E-state index is 13.3. The number of hydrogen-bond acceptors (Lipinski definition) is 3. The van der Waals surface area contributed by atoms with Gasteiger partial charge in [-0.1, -0.05) is 81.2 Å². The third kappa shape index (κ3) is 6.47. The minimum atomic E-state index is -0.922. The summed E-state index contributed by atoms with van der Waals surface area (Å²) in [5.74, 6) is 1.76. The highest BCUT2D eigenvalue weighted by Crippen LogP contribution is 2.70. The Kier molecular flexibility index (Phi) is 12.3. The highest BCUT2D eigenvalue weighted by atomic mass is 16.4. The lowest BCUT2D eigenvalue weighted by Gasteiger charge is -2.65. The van der Waals surface area contributed by atoms with Gasteiger partial charge in [0.25, 0.3) is 0 Å². The fourth-order valence-electron chi connectivity index (χ4n) is 9.78. The maximum Gasteiger partial charge on any atom is 0.328 e. The van der Waals surface area contributed by atoms with Gasteiger partial charge < -0.3 is 10.2 Å². The highest BCUT2D eigenvalue weighted by Gasteiger charge is 2.62. The first kappa shape index (κ1) is 34.8. The lowest BCUT2D eigenvalue weighted by molar-refractivity contribution is -0.143. The van der Waals surface area contributed by atoms with Crippen LogP contribution in [0.4, 0.5) is 0 Å². The Bertz CT molecular complexity index is 929. The van der Waals surface area contributed by atoms with Gasteiger partial charge in [-0.15, -0.1) is 0 Å². The third-order valence-corrected chi connectivity index (χ3v) is 11.2. The van der Waals surface area contributed by atoms with Crippen LogP contribution in [0.1, 0.15) is 140 Å². The molecule has 0 aromatic heterocycles. The van der Waals surface area contributed by atoms with Gasteiger partial charge >= 0.3 is 5.97 Å². The molecule has 0 bridgehead atoms. The van der Waals surface area contributed by atoms with Crippen LogP contribution in [-0.4, -0.2) is 28.1 Å². The minimum absolute atomic E-state index is 0.175. The number of Topliss-reactive ketones (excluding diaryl/α,β-unsaturated/α-hetero) is 1. The van der Waals surface area contributed by atoms with Crippen molar-refractivity contribution >= 4 is 11.8 Å². The van der Waals surface area contributed by atoms with Crippen LogP contribution in [0.25, 0.3) is 0 Å². The first-order chi connectivity index (χ1) is 18.8. The van der Waals surface area contributed by atoms with E-state index in [4.69, 9.17) is 0 Å². The highest BCUT2D eigenvalue weighted by molar-refractivity contribution is 6.01. The number of ketones is 1. The van der Waals surface area contributed by atoms with Crippen LogP contribution in [0.3, 0.4) is 0 Å². The van der Waals surface area contributed by atoms with Crippen LogP contribution < -0.4 is 0 Å². The van der Waals surface area contributed by atoms with Crippen molar-refractivity contribution in [1.29, 1.82) is 0 Å². The normalized spacial score (nSPS) is 37.5. The van der Waals surface area contributed by atoms with E-state index >= 15 is 0 Å². The number of carbonyl (C=O) groups is 2. The number of carbonyl (C=O) groups excluding carboxylic acids is 1. The smallest absolute Gasteiger partial charge is 0.328 e. The van der Waals surface area contributed by atoms with Gasteiger partial charge in [0.2, 0.25) is 0 Å². The summed E-state index contributed by atoms with van der Waals surface area (Å²) < 4.78 is 0. The van der Waals surface area contributed by atoms with Crippen molar-refractivity contribution in [2.45, 2.75) is 146 Å². The average molecular weight is 559 g/mol. The van der Waals surface area contributed by atoms with E-state index in [-0.39, 0.29) is 28.6 Å². The number of aliphatic hydroxyl groups is 1. The number of allylic oxidation sites excluding steroid dienone is 3. The lowest BCUT2D eigenvalue weighted by Crippen LogP contribution is -2.57. The number of carboxylic acids is 1. The molecule has 0 aliphatic heterocycles. The van der Waals surface area contributed by atoms with Crippen molar-refractivity contribution in [1.82, 2.24) is 0 Å². The van der Waals surface area contributed by atoms with Crippen molar-refractivity contribution < 1.29 is 19.8 Å². The standard InChI is InChI=1S/C31H48O4.C3H8.C2H6/c1-7-21-11-15-30(6)23-12-16-31(17-13-26(34)35)18-24(33)27(19(2)3)28(31)22(23)8-9-25(30)29(21,5)14-10-20(4)32;1-3-2;1-2/h13,17,19-23,25,32H,7-12,14-16,18H2,1-6H3,(H,34,35);3H2,1-2H3;1-2H3/b17-13+;;. The Morgan fingerprint density at radius 2 is 1.65 bits per heavy atom. The van der Waals surface area contributed by atoms with Crippen molar-refractivity contribution in [3.63, 3.8) is 0 Å². The number of carboxylic acid groups (broad SMARTS) is 1. The molecule has 8 unspecified atom stereocenters. The van der Waals surface area contributed by atoms with E-state index in [2.05, 4.69) is 48.5 Å². The summed E-state index contributed by atoms with van der Waals surface area (Å²) in [6, 6.07) is 0. The molecule has 3 saturated carbocycles. The van der Waals surface area contributed by atoms with Crippen LogP contribution in [0.5, 0.6) is 0 Å². The van der Waals surface area contributed by atoms with E-state index in [1.54, 1.807) is 0 Å². The van der Waals surface area contributed by atoms with Gasteiger partial charge in [0, 0.05) is 17.9 Å². The number of aliphatic carboxylic acids is 1. The number of rotatable bonds is 7. The SMILES string of the molecule is CC.CCC.CCC1CCC2(C)C3CCC4(/C=C/C(=O)O)CC(=O)C(C(C)C)=C4C3CCC2C1(C)CCC(C)O. The maximum absolute atomic E-state index is 13.3. The summed E-state index contributed by atoms with van der Waals surface area (Å²) in [5, 5.41) is 19.6. The Labute approximate surface area is 246 Å². The minimum Gasteiger partial charge on any atom is -0.478 e. The second-order valence-corrected chi connectivity index (χ2v) is 14.0. The molecule has 3 fully saturated rings. The van der Waals surface area contributed by atoms with E-state index in [1.165, 1.54) is 43.8 Å². The molecule has 4 rings (SSSR count). The molecule has 8 atom stereocenters. The number of aliphatic hydroxyl groups excluding tert-OH is 1. The predicted molar refractivity (Wildman–Crippen MR) is 167 cm³/mol. The molecule has 0 saturated heterocycles. The van der Waals surface area contributed by atoms with Crippen LogP contribution in [0, 0.1) is 45.8 Å². The van der Waals surface area contributed by atoms with Gasteiger partial charge in [-0.25, -0.2) is 4.79 Å². The molecule has 2 N–H and O–H groups in total. The van der Waals surface area contributed by atoms with Gasteiger partial charge in [-0.2, -0.15) is 0 Å². The average Bonchev–Trinajstić information content (AvgIpc) is 3.21. The molecule has 4 nitrogen and oxygen atoms in total. The summed E-state index contributed by atoms with van der Waals surface area (Å²) in [7, 11) is 0. The van der Waals surface area contributed by atoms with Gasteiger partial charge in [0.05, 0.1) is 6.10 Å². The van der Waals surface area contributed by atoms with E-state index < -0.39 is 11.4 Å². The van der Waals surface area contributed by atoms with Crippen LogP contribution in [0.15, 0.2) is 23.3 Å². The molecule has 230 valence electrons. The fraction of sp³-hybridized carbons (Fsp3) is 0.833. The molecule has 0 aromatic carbocycles. The van der Waals surface area contributed by atoms with Gasteiger partial charge in [-0.05, 0) is 110 Å². The molecule has 4 heteroatoms. The van der Waals surface area contributed by atoms with Crippen molar-refractivity contribution in [2.24, 2.45) is 45.8 Å². The predicted octanol–water partition coefficient (Wildman–Crippen LogP) is 9.41.